The van der Waals surface area contributed by atoms with E-state index in [2.05, 4.69) is 19.4 Å². The highest BCUT2D eigenvalue weighted by Gasteiger charge is 2.58. The molecular weight excluding hydrogens is 372 g/mol. The molecule has 5 heteroatoms. The van der Waals surface area contributed by atoms with Crippen LogP contribution >= 0.6 is 11.6 Å². The van der Waals surface area contributed by atoms with Crippen LogP contribution in [0.15, 0.2) is 48.5 Å². The second-order valence-electron chi connectivity index (χ2n) is 8.61. The Bertz CT molecular complexity index is 878. The van der Waals surface area contributed by atoms with E-state index >= 15 is 0 Å². The summed E-state index contributed by atoms with van der Waals surface area (Å²) in [6.07, 6.45) is 5.62. The van der Waals surface area contributed by atoms with Gasteiger partial charge in [-0.25, -0.2) is 4.79 Å². The minimum atomic E-state index is -0.391. The minimum absolute atomic E-state index is 0.0622. The quantitative estimate of drug-likeness (QED) is 0.668. The summed E-state index contributed by atoms with van der Waals surface area (Å²) in [6.45, 7) is 0.474. The van der Waals surface area contributed by atoms with E-state index < -0.39 is 6.09 Å². The van der Waals surface area contributed by atoms with Crippen LogP contribution in [-0.2, 0) is 4.74 Å². The first kappa shape index (κ1) is 19.3. The van der Waals surface area contributed by atoms with Crippen molar-refractivity contribution in [2.45, 2.75) is 43.7 Å². The fourth-order valence-corrected chi connectivity index (χ4v) is 5.33. The minimum Gasteiger partial charge on any atom is -0.443 e. The lowest BCUT2D eigenvalue weighted by atomic mass is 9.87. The number of halogens is 1. The molecule has 0 spiro atoms. The number of rotatable bonds is 4. The van der Waals surface area contributed by atoms with Gasteiger partial charge in [0, 0.05) is 29.8 Å². The van der Waals surface area contributed by atoms with E-state index in [9.17, 15) is 4.79 Å². The summed E-state index contributed by atoms with van der Waals surface area (Å²) in [4.78, 5) is 12.6. The van der Waals surface area contributed by atoms with Crippen molar-refractivity contribution in [1.82, 2.24) is 0 Å². The normalized spacial score (nSPS) is 25.3. The van der Waals surface area contributed by atoms with E-state index in [0.29, 0.717) is 17.7 Å². The van der Waals surface area contributed by atoms with Crippen molar-refractivity contribution in [3.63, 3.8) is 0 Å². The fraction of sp³-hybridized carbons (Fsp3) is 0.435. The Morgan fingerprint density at radius 1 is 1.18 bits per heavy atom. The highest BCUT2D eigenvalue weighted by molar-refractivity contribution is 6.30. The number of piperidine rings is 1. The summed E-state index contributed by atoms with van der Waals surface area (Å²) in [6, 6.07) is 16.1. The van der Waals surface area contributed by atoms with Crippen LogP contribution in [0.5, 0.6) is 0 Å². The molecule has 2 heterocycles. The molecule has 2 aliphatic heterocycles. The molecule has 2 aliphatic rings. The fourth-order valence-electron chi connectivity index (χ4n) is 5.14. The van der Waals surface area contributed by atoms with Gasteiger partial charge in [0.2, 0.25) is 0 Å². The van der Waals surface area contributed by atoms with Crippen molar-refractivity contribution in [1.29, 1.82) is 0 Å². The predicted molar refractivity (Wildman–Crippen MR) is 114 cm³/mol. The maximum absolute atomic E-state index is 12.6. The Labute approximate surface area is 172 Å². The van der Waals surface area contributed by atoms with Crippen LogP contribution < -0.4 is 5.32 Å². The zero-order valence-electron chi connectivity index (χ0n) is 16.6. The molecule has 4 nitrogen and oxygen atoms in total. The lowest BCUT2D eigenvalue weighted by molar-refractivity contribution is -0.956. The Kier molecular flexibility index (Phi) is 5.11. The van der Waals surface area contributed by atoms with Crippen LogP contribution in [-0.4, -0.2) is 42.9 Å². The molecular formula is C23H28ClN2O2+. The first-order valence-electron chi connectivity index (χ1n) is 10.0. The first-order valence-corrected chi connectivity index (χ1v) is 10.4. The molecule has 0 saturated carbocycles. The van der Waals surface area contributed by atoms with E-state index in [1.165, 1.54) is 19.3 Å². The van der Waals surface area contributed by atoms with Crippen LogP contribution in [0.1, 0.15) is 32.1 Å². The topological polar surface area (TPSA) is 38.3 Å². The molecule has 0 aromatic heterocycles. The Balaban J connectivity index is 1.47. The molecule has 1 N–H and O–H groups in total. The van der Waals surface area contributed by atoms with Crippen molar-refractivity contribution >= 4 is 23.4 Å². The number of nitrogens with zero attached hydrogens (tertiary/aromatic N) is 1. The number of hydrogen-bond acceptors (Lipinski definition) is 2. The third-order valence-corrected chi connectivity index (χ3v) is 7.26. The molecule has 0 radical (unpaired) electrons. The number of likely N-dealkylation sites (N-methyl/N-ethyl adjacent to an activating group) is 1. The van der Waals surface area contributed by atoms with Gasteiger partial charge < -0.3 is 9.22 Å². The van der Waals surface area contributed by atoms with Crippen LogP contribution in [0.3, 0.4) is 0 Å². The molecule has 2 unspecified atom stereocenters. The average Bonchev–Trinajstić information content (AvgIpc) is 2.83. The SMILES string of the molecule is C[N+]1(C)C2CCCC1(COC(=O)Nc1ccccc1-c1cccc(Cl)c1)CC2. The number of anilines is 1. The largest absolute Gasteiger partial charge is 0.443 e. The Hall–Kier alpha value is -2.04. The van der Waals surface area contributed by atoms with Crippen molar-refractivity contribution < 1.29 is 14.0 Å². The lowest BCUT2D eigenvalue weighted by Gasteiger charge is -2.49. The number of benzene rings is 2. The number of nitrogens with one attached hydrogen (secondary N) is 1. The van der Waals surface area contributed by atoms with Gasteiger partial charge in [-0.2, -0.15) is 0 Å². The zero-order valence-corrected chi connectivity index (χ0v) is 17.3. The van der Waals surface area contributed by atoms with Gasteiger partial charge in [-0.15, -0.1) is 0 Å². The maximum Gasteiger partial charge on any atom is 0.411 e. The van der Waals surface area contributed by atoms with Crippen LogP contribution in [0.4, 0.5) is 10.5 Å². The maximum atomic E-state index is 12.6. The molecule has 4 rings (SSSR count). The molecule has 2 bridgehead atoms. The van der Waals surface area contributed by atoms with Gasteiger partial charge in [0.05, 0.1) is 25.8 Å². The van der Waals surface area contributed by atoms with Gasteiger partial charge in [0.25, 0.3) is 0 Å². The standard InChI is InChI=1S/C23H27ClN2O2/c1-26(2)19-9-6-13-23(26,14-12-19)16-28-22(27)25-21-11-4-3-10-20(21)17-7-5-8-18(24)15-17/h3-5,7-8,10-11,15,19H,6,9,12-14,16H2,1-2H3/p+1. The van der Waals surface area contributed by atoms with E-state index in [1.54, 1.807) is 0 Å². The molecule has 2 aromatic carbocycles. The van der Waals surface area contributed by atoms with E-state index in [4.69, 9.17) is 16.3 Å². The number of fused-ring (bicyclic) bond motifs is 2. The summed E-state index contributed by atoms with van der Waals surface area (Å²) in [5, 5.41) is 3.61. The van der Waals surface area contributed by atoms with E-state index in [1.807, 2.05) is 48.5 Å². The van der Waals surface area contributed by atoms with Crippen molar-refractivity contribution in [3.8, 4) is 11.1 Å². The highest BCUT2D eigenvalue weighted by Crippen LogP contribution is 2.48. The number of amides is 1. The van der Waals surface area contributed by atoms with Gasteiger partial charge in [-0.3, -0.25) is 5.32 Å². The second kappa shape index (κ2) is 7.41. The monoisotopic (exact) mass is 399 g/mol. The number of para-hydroxylation sites is 1. The second-order valence-corrected chi connectivity index (χ2v) is 9.04. The van der Waals surface area contributed by atoms with Crippen LogP contribution in [0.25, 0.3) is 11.1 Å². The predicted octanol–water partition coefficient (Wildman–Crippen LogP) is 5.72. The van der Waals surface area contributed by atoms with Gasteiger partial charge in [0.15, 0.2) is 0 Å². The van der Waals surface area contributed by atoms with Gasteiger partial charge in [0.1, 0.15) is 12.1 Å². The summed E-state index contributed by atoms with van der Waals surface area (Å²) in [5.41, 5.74) is 2.68. The van der Waals surface area contributed by atoms with Crippen LogP contribution in [0.2, 0.25) is 5.02 Å². The Morgan fingerprint density at radius 3 is 2.82 bits per heavy atom. The third-order valence-electron chi connectivity index (χ3n) is 7.03. The molecule has 2 fully saturated rings. The molecule has 28 heavy (non-hydrogen) atoms. The lowest BCUT2D eigenvalue weighted by Crippen LogP contribution is -2.63. The average molecular weight is 400 g/mol. The number of hydrogen-bond donors (Lipinski definition) is 1. The van der Waals surface area contributed by atoms with E-state index in [-0.39, 0.29) is 5.54 Å². The zero-order chi connectivity index (χ0) is 19.8. The summed E-state index contributed by atoms with van der Waals surface area (Å²) in [7, 11) is 4.60. The molecule has 2 saturated heterocycles. The number of carbonyl (C=O) groups excluding carboxylic acids is 1. The molecule has 2 atom stereocenters. The van der Waals surface area contributed by atoms with Gasteiger partial charge in [-0.1, -0.05) is 41.9 Å². The van der Waals surface area contributed by atoms with Crippen molar-refractivity contribution in [2.24, 2.45) is 0 Å². The number of ether oxygens (including phenoxy) is 1. The van der Waals surface area contributed by atoms with Crippen molar-refractivity contribution in [2.75, 3.05) is 26.0 Å². The summed E-state index contributed by atoms with van der Waals surface area (Å²) in [5.74, 6) is 0. The summed E-state index contributed by atoms with van der Waals surface area (Å²) >= 11 is 6.14. The number of carbonyl (C=O) groups is 1. The summed E-state index contributed by atoms with van der Waals surface area (Å²) < 4.78 is 6.74. The van der Waals surface area contributed by atoms with E-state index in [0.717, 1.165) is 34.1 Å². The molecule has 2 aromatic rings. The Morgan fingerprint density at radius 2 is 2.00 bits per heavy atom. The smallest absolute Gasteiger partial charge is 0.411 e. The molecule has 148 valence electrons. The van der Waals surface area contributed by atoms with Gasteiger partial charge in [-0.05, 0) is 36.6 Å². The molecule has 0 aliphatic carbocycles. The first-order chi connectivity index (χ1) is 13.4. The van der Waals surface area contributed by atoms with Gasteiger partial charge >= 0.3 is 6.09 Å². The van der Waals surface area contributed by atoms with Crippen LogP contribution in [0, 0.1) is 0 Å². The third kappa shape index (κ3) is 3.40. The highest BCUT2D eigenvalue weighted by atomic mass is 35.5. The number of quaternary nitrogens is 1. The molecule has 1 amide bonds. The van der Waals surface area contributed by atoms with Crippen molar-refractivity contribution in [3.05, 3.63) is 53.6 Å².